The molecule has 9 nitrogen and oxygen atoms in total. The summed E-state index contributed by atoms with van der Waals surface area (Å²) in [6, 6.07) is 7.39. The number of halogens is 2. The fraction of sp³-hybridized carbons (Fsp3) is 0.350. The highest BCUT2D eigenvalue weighted by atomic mass is 35.5. The molecule has 0 radical (unpaired) electrons. The standard InChI is InChI=1S/C20H21Cl2N5O4S2/c1-2-31-19(28)14-3-5-16(6-4-14)33(29,30)25-9-7-24(8-10-25)13-27-20(32)26-12-15(21)11-17(22)18(26)23-27/h3-6,11-12H,2,7-10,13H2,1H3. The van der Waals surface area contributed by atoms with E-state index in [1.807, 2.05) is 0 Å². The van der Waals surface area contributed by atoms with Crippen LogP contribution in [0.5, 0.6) is 0 Å². The molecule has 3 heterocycles. The minimum Gasteiger partial charge on any atom is -0.462 e. The number of ether oxygens (including phenoxy) is 1. The second-order valence-corrected chi connectivity index (χ2v) is 10.5. The zero-order chi connectivity index (χ0) is 23.8. The minimum absolute atomic E-state index is 0.137. The van der Waals surface area contributed by atoms with Crippen LogP contribution in [0, 0.1) is 4.77 Å². The first-order valence-electron chi connectivity index (χ1n) is 10.1. The maximum absolute atomic E-state index is 13.0. The fourth-order valence-electron chi connectivity index (χ4n) is 3.56. The maximum atomic E-state index is 13.0. The van der Waals surface area contributed by atoms with Gasteiger partial charge in [0, 0.05) is 32.4 Å². The number of rotatable bonds is 6. The van der Waals surface area contributed by atoms with E-state index in [0.29, 0.717) is 58.9 Å². The Labute approximate surface area is 206 Å². The number of hydrogen-bond donors (Lipinski definition) is 0. The lowest BCUT2D eigenvalue weighted by atomic mass is 10.2. The number of hydrogen-bond acceptors (Lipinski definition) is 7. The Morgan fingerprint density at radius 2 is 1.82 bits per heavy atom. The van der Waals surface area contributed by atoms with Crippen LogP contribution in [0.3, 0.4) is 0 Å². The van der Waals surface area contributed by atoms with Gasteiger partial charge >= 0.3 is 5.97 Å². The first-order chi connectivity index (χ1) is 15.7. The molecule has 13 heteroatoms. The van der Waals surface area contributed by atoms with Crippen molar-refractivity contribution < 1.29 is 17.9 Å². The average molecular weight is 530 g/mol. The molecule has 1 saturated heterocycles. The molecule has 0 aliphatic carbocycles. The molecule has 0 spiro atoms. The highest BCUT2D eigenvalue weighted by Gasteiger charge is 2.29. The summed E-state index contributed by atoms with van der Waals surface area (Å²) < 4.78 is 36.2. The molecule has 1 aliphatic rings. The molecule has 3 aromatic rings. The first-order valence-corrected chi connectivity index (χ1v) is 12.7. The summed E-state index contributed by atoms with van der Waals surface area (Å²) in [4.78, 5) is 14.0. The molecule has 1 aliphatic heterocycles. The average Bonchev–Trinajstić information content (AvgIpc) is 3.10. The van der Waals surface area contributed by atoms with E-state index in [1.54, 1.807) is 28.3 Å². The van der Waals surface area contributed by atoms with Gasteiger partial charge < -0.3 is 4.74 Å². The molecule has 0 amide bonds. The summed E-state index contributed by atoms with van der Waals surface area (Å²) in [5.74, 6) is -0.482. The minimum atomic E-state index is -3.68. The second kappa shape index (κ2) is 9.69. The van der Waals surface area contributed by atoms with Gasteiger partial charge in [0.2, 0.25) is 14.8 Å². The monoisotopic (exact) mass is 529 g/mol. The number of fused-ring (bicyclic) bond motifs is 1. The Kier molecular flexibility index (Phi) is 7.08. The molecule has 33 heavy (non-hydrogen) atoms. The molecular formula is C20H21Cl2N5O4S2. The number of piperazine rings is 1. The summed E-state index contributed by atoms with van der Waals surface area (Å²) in [7, 11) is -3.68. The van der Waals surface area contributed by atoms with E-state index in [9.17, 15) is 13.2 Å². The Hall–Kier alpha value is -2.02. The van der Waals surface area contributed by atoms with E-state index in [-0.39, 0.29) is 11.5 Å². The van der Waals surface area contributed by atoms with Gasteiger partial charge in [-0.05, 0) is 49.5 Å². The first kappa shape index (κ1) is 24.1. The number of benzene rings is 1. The van der Waals surface area contributed by atoms with Crippen LogP contribution in [-0.4, -0.2) is 70.6 Å². The predicted octanol–water partition coefficient (Wildman–Crippen LogP) is 3.31. The fourth-order valence-corrected chi connectivity index (χ4v) is 5.73. The third kappa shape index (κ3) is 4.93. The van der Waals surface area contributed by atoms with Crippen LogP contribution in [0.1, 0.15) is 17.3 Å². The van der Waals surface area contributed by atoms with Crippen molar-refractivity contribution in [3.63, 3.8) is 0 Å². The van der Waals surface area contributed by atoms with E-state index in [4.69, 9.17) is 40.2 Å². The summed E-state index contributed by atoms with van der Waals surface area (Å²) in [5.41, 5.74) is 0.824. The van der Waals surface area contributed by atoms with Gasteiger partial charge in [-0.25, -0.2) is 17.9 Å². The third-order valence-electron chi connectivity index (χ3n) is 5.27. The summed E-state index contributed by atoms with van der Waals surface area (Å²) in [5, 5.41) is 5.33. The van der Waals surface area contributed by atoms with E-state index in [1.165, 1.54) is 28.6 Å². The van der Waals surface area contributed by atoms with Gasteiger partial charge in [-0.15, -0.1) is 5.10 Å². The smallest absolute Gasteiger partial charge is 0.338 e. The lowest BCUT2D eigenvalue weighted by Crippen LogP contribution is -2.48. The number of nitrogens with zero attached hydrogens (tertiary/aromatic N) is 5. The van der Waals surface area contributed by atoms with Crippen LogP contribution >= 0.6 is 35.4 Å². The highest BCUT2D eigenvalue weighted by Crippen LogP contribution is 2.22. The van der Waals surface area contributed by atoms with Crippen molar-refractivity contribution in [1.82, 2.24) is 23.4 Å². The largest absolute Gasteiger partial charge is 0.462 e. The van der Waals surface area contributed by atoms with Crippen molar-refractivity contribution in [1.29, 1.82) is 0 Å². The number of carbonyl (C=O) groups excluding carboxylic acids is 1. The number of aromatic nitrogens is 3. The molecule has 0 N–H and O–H groups in total. The van der Waals surface area contributed by atoms with Crippen LogP contribution in [0.25, 0.3) is 5.65 Å². The zero-order valence-corrected chi connectivity index (χ0v) is 20.8. The molecule has 2 aromatic heterocycles. The Morgan fingerprint density at radius 3 is 2.45 bits per heavy atom. The van der Waals surface area contributed by atoms with Crippen molar-refractivity contribution in [3.8, 4) is 0 Å². The van der Waals surface area contributed by atoms with Gasteiger partial charge in [0.15, 0.2) is 5.65 Å². The van der Waals surface area contributed by atoms with Crippen LogP contribution in [0.2, 0.25) is 10.0 Å². The van der Waals surface area contributed by atoms with E-state index < -0.39 is 16.0 Å². The van der Waals surface area contributed by atoms with Crippen molar-refractivity contribution >= 4 is 57.1 Å². The molecule has 0 bridgehead atoms. The van der Waals surface area contributed by atoms with Crippen molar-refractivity contribution in [2.24, 2.45) is 0 Å². The van der Waals surface area contributed by atoms with E-state index in [2.05, 4.69) is 10.00 Å². The quantitative estimate of drug-likeness (QED) is 0.357. The molecule has 0 unspecified atom stereocenters. The van der Waals surface area contributed by atoms with Crippen LogP contribution in [0.15, 0.2) is 41.4 Å². The lowest BCUT2D eigenvalue weighted by molar-refractivity contribution is 0.0526. The van der Waals surface area contributed by atoms with Gasteiger partial charge in [0.25, 0.3) is 0 Å². The zero-order valence-electron chi connectivity index (χ0n) is 17.6. The van der Waals surface area contributed by atoms with Crippen LogP contribution < -0.4 is 0 Å². The van der Waals surface area contributed by atoms with Crippen molar-refractivity contribution in [2.45, 2.75) is 18.5 Å². The summed E-state index contributed by atoms with van der Waals surface area (Å²) >= 11 is 17.8. The second-order valence-electron chi connectivity index (χ2n) is 7.39. The molecule has 1 aromatic carbocycles. The number of sulfonamides is 1. The van der Waals surface area contributed by atoms with E-state index in [0.717, 1.165) is 0 Å². The summed E-state index contributed by atoms with van der Waals surface area (Å²) in [6.45, 7) is 4.00. The SMILES string of the molecule is CCOC(=O)c1ccc(S(=O)(=O)N2CCN(Cn3nc4c(Cl)cc(Cl)cn4c3=S)CC2)cc1. The molecular weight excluding hydrogens is 509 g/mol. The maximum Gasteiger partial charge on any atom is 0.338 e. The normalized spacial score (nSPS) is 15.7. The van der Waals surface area contributed by atoms with Gasteiger partial charge in [-0.3, -0.25) is 9.30 Å². The summed E-state index contributed by atoms with van der Waals surface area (Å²) in [6.07, 6.45) is 1.66. The number of pyridine rings is 1. The lowest BCUT2D eigenvalue weighted by Gasteiger charge is -2.33. The number of esters is 1. The Balaban J connectivity index is 1.43. The number of carbonyl (C=O) groups is 1. The molecule has 0 atom stereocenters. The Morgan fingerprint density at radius 1 is 1.15 bits per heavy atom. The molecule has 176 valence electrons. The Bertz CT molecular complexity index is 1350. The van der Waals surface area contributed by atoms with Crippen molar-refractivity contribution in [2.75, 3.05) is 32.8 Å². The predicted molar refractivity (Wildman–Crippen MR) is 127 cm³/mol. The van der Waals surface area contributed by atoms with Crippen LogP contribution in [-0.2, 0) is 21.4 Å². The molecule has 0 saturated carbocycles. The van der Waals surface area contributed by atoms with Gasteiger partial charge in [0.1, 0.15) is 0 Å². The third-order valence-corrected chi connectivity index (χ3v) is 8.07. The molecule has 1 fully saturated rings. The van der Waals surface area contributed by atoms with Crippen molar-refractivity contribution in [3.05, 3.63) is 56.9 Å². The molecule has 4 rings (SSSR count). The highest BCUT2D eigenvalue weighted by molar-refractivity contribution is 7.89. The topological polar surface area (TPSA) is 89.1 Å². The van der Waals surface area contributed by atoms with E-state index >= 15 is 0 Å². The van der Waals surface area contributed by atoms with Crippen LogP contribution in [0.4, 0.5) is 0 Å². The van der Waals surface area contributed by atoms with Gasteiger partial charge in [-0.2, -0.15) is 4.31 Å². The van der Waals surface area contributed by atoms with Gasteiger partial charge in [0.05, 0.1) is 33.8 Å². The van der Waals surface area contributed by atoms with Gasteiger partial charge in [-0.1, -0.05) is 23.2 Å².